The Morgan fingerprint density at radius 2 is 1.52 bits per heavy atom. The Labute approximate surface area is 195 Å². The van der Waals surface area contributed by atoms with Crippen molar-refractivity contribution in [2.75, 3.05) is 32.8 Å². The van der Waals surface area contributed by atoms with Crippen LogP contribution >= 0.6 is 0 Å². The van der Waals surface area contributed by atoms with Crippen LogP contribution in [0.2, 0.25) is 0 Å². The average molecular weight is 471 g/mol. The number of fused-ring (bicyclic) bond motifs is 1. The Balaban J connectivity index is 1.33. The predicted molar refractivity (Wildman–Crippen MR) is 124 cm³/mol. The van der Waals surface area contributed by atoms with Crippen molar-refractivity contribution < 1.29 is 22.7 Å². The number of rotatable bonds is 4. The van der Waals surface area contributed by atoms with E-state index in [0.717, 1.165) is 55.6 Å². The zero-order chi connectivity index (χ0) is 22.8. The first-order valence-corrected chi connectivity index (χ1v) is 13.3. The molecule has 0 aromatic heterocycles. The summed E-state index contributed by atoms with van der Waals surface area (Å²) in [6, 6.07) is 12.3. The summed E-state index contributed by atoms with van der Waals surface area (Å²) in [6.45, 7) is 2.87. The zero-order valence-corrected chi connectivity index (χ0v) is 19.6. The number of sulfonamides is 1. The van der Waals surface area contributed by atoms with Crippen LogP contribution < -0.4 is 9.47 Å². The van der Waals surface area contributed by atoms with Gasteiger partial charge in [-0.1, -0.05) is 18.9 Å². The highest BCUT2D eigenvalue weighted by molar-refractivity contribution is 7.89. The average Bonchev–Trinajstić information content (AvgIpc) is 3.17. The van der Waals surface area contributed by atoms with Gasteiger partial charge in [-0.25, -0.2) is 8.42 Å². The maximum absolute atomic E-state index is 13.3. The van der Waals surface area contributed by atoms with Gasteiger partial charge < -0.3 is 14.4 Å². The number of ether oxygens (including phenoxy) is 2. The van der Waals surface area contributed by atoms with Crippen LogP contribution in [0, 0.1) is 0 Å². The molecule has 33 heavy (non-hydrogen) atoms. The van der Waals surface area contributed by atoms with Crippen molar-refractivity contribution >= 4 is 15.9 Å². The lowest BCUT2D eigenvalue weighted by Crippen LogP contribution is -2.32. The van der Waals surface area contributed by atoms with Gasteiger partial charge in [-0.3, -0.25) is 4.79 Å². The van der Waals surface area contributed by atoms with Crippen LogP contribution in [-0.2, 0) is 10.0 Å². The summed E-state index contributed by atoms with van der Waals surface area (Å²) in [4.78, 5) is 15.5. The Morgan fingerprint density at radius 3 is 2.24 bits per heavy atom. The molecular formula is C25H30N2O5S. The summed E-state index contributed by atoms with van der Waals surface area (Å²) in [5.41, 5.74) is 1.54. The van der Waals surface area contributed by atoms with Crippen molar-refractivity contribution in [3.8, 4) is 11.5 Å². The largest absolute Gasteiger partial charge is 0.486 e. The number of hydrogen-bond donors (Lipinski definition) is 0. The molecule has 5 rings (SSSR count). The van der Waals surface area contributed by atoms with Gasteiger partial charge in [-0.05, 0) is 67.6 Å². The summed E-state index contributed by atoms with van der Waals surface area (Å²) >= 11 is 0. The maximum Gasteiger partial charge on any atom is 0.254 e. The molecule has 0 N–H and O–H groups in total. The summed E-state index contributed by atoms with van der Waals surface area (Å²) in [7, 11) is -3.53. The minimum Gasteiger partial charge on any atom is -0.486 e. The molecule has 1 amide bonds. The summed E-state index contributed by atoms with van der Waals surface area (Å²) in [5.74, 6) is 1.38. The second-order valence-electron chi connectivity index (χ2n) is 8.90. The van der Waals surface area contributed by atoms with Crippen LogP contribution in [0.25, 0.3) is 0 Å². The van der Waals surface area contributed by atoms with E-state index < -0.39 is 10.0 Å². The SMILES string of the molecule is O=C(c1ccc(S(=O)(=O)N2CCCCCC2)cc1)N1CCCC1c1ccc2c(c1)OCCO2. The number of hydrogen-bond acceptors (Lipinski definition) is 5. The molecule has 2 aromatic rings. The molecule has 0 bridgehead atoms. The second kappa shape index (κ2) is 9.35. The summed E-state index contributed by atoms with van der Waals surface area (Å²) in [6.07, 6.45) is 5.73. The minimum atomic E-state index is -3.53. The second-order valence-corrected chi connectivity index (χ2v) is 10.8. The Bertz CT molecular complexity index is 1110. The normalized spacial score (nSPS) is 21.6. The van der Waals surface area contributed by atoms with Gasteiger partial charge in [0.25, 0.3) is 5.91 Å². The third-order valence-electron chi connectivity index (χ3n) is 6.77. The molecule has 3 aliphatic rings. The molecule has 2 aromatic carbocycles. The smallest absolute Gasteiger partial charge is 0.254 e. The van der Waals surface area contributed by atoms with E-state index in [1.54, 1.807) is 28.6 Å². The first-order chi connectivity index (χ1) is 16.0. The molecule has 7 nitrogen and oxygen atoms in total. The van der Waals surface area contributed by atoms with Gasteiger partial charge in [-0.2, -0.15) is 4.31 Å². The highest BCUT2D eigenvalue weighted by Gasteiger charge is 2.32. The monoisotopic (exact) mass is 470 g/mol. The molecule has 8 heteroatoms. The highest BCUT2D eigenvalue weighted by Crippen LogP contribution is 2.38. The van der Waals surface area contributed by atoms with Gasteiger partial charge >= 0.3 is 0 Å². The van der Waals surface area contributed by atoms with Crippen molar-refractivity contribution in [3.05, 3.63) is 53.6 Å². The predicted octanol–water partition coefficient (Wildman–Crippen LogP) is 4.00. The van der Waals surface area contributed by atoms with Gasteiger partial charge in [0.2, 0.25) is 10.0 Å². The number of nitrogens with zero attached hydrogens (tertiary/aromatic N) is 2. The molecular weight excluding hydrogens is 440 g/mol. The fourth-order valence-corrected chi connectivity index (χ4v) is 6.51. The Morgan fingerprint density at radius 1 is 0.818 bits per heavy atom. The van der Waals surface area contributed by atoms with Crippen molar-refractivity contribution in [3.63, 3.8) is 0 Å². The van der Waals surface area contributed by atoms with Crippen molar-refractivity contribution in [1.82, 2.24) is 9.21 Å². The van der Waals surface area contributed by atoms with Crippen molar-refractivity contribution in [2.45, 2.75) is 49.5 Å². The quantitative estimate of drug-likeness (QED) is 0.675. The van der Waals surface area contributed by atoms with Gasteiger partial charge in [0.05, 0.1) is 10.9 Å². The number of benzene rings is 2. The Hall–Kier alpha value is -2.58. The molecule has 2 saturated heterocycles. The van der Waals surface area contributed by atoms with E-state index >= 15 is 0 Å². The first kappa shape index (κ1) is 22.2. The molecule has 176 valence electrons. The maximum atomic E-state index is 13.3. The number of carbonyl (C=O) groups is 1. The van der Waals surface area contributed by atoms with Crippen LogP contribution in [0.15, 0.2) is 47.4 Å². The van der Waals surface area contributed by atoms with E-state index in [0.29, 0.717) is 38.4 Å². The highest BCUT2D eigenvalue weighted by atomic mass is 32.2. The van der Waals surface area contributed by atoms with Crippen molar-refractivity contribution in [1.29, 1.82) is 0 Å². The molecule has 3 aliphatic heterocycles. The zero-order valence-electron chi connectivity index (χ0n) is 18.7. The number of likely N-dealkylation sites (tertiary alicyclic amines) is 1. The van der Waals surface area contributed by atoms with Crippen molar-refractivity contribution in [2.24, 2.45) is 0 Å². The molecule has 1 atom stereocenters. The topological polar surface area (TPSA) is 76.2 Å². The van der Waals surface area contributed by atoms with Crippen LogP contribution in [0.4, 0.5) is 0 Å². The molecule has 1 unspecified atom stereocenters. The molecule has 0 spiro atoms. The van der Waals surface area contributed by atoms with Crippen LogP contribution in [0.1, 0.15) is 60.5 Å². The first-order valence-electron chi connectivity index (χ1n) is 11.8. The summed E-state index contributed by atoms with van der Waals surface area (Å²) < 4.78 is 39.0. The molecule has 0 radical (unpaired) electrons. The van der Waals surface area contributed by atoms with Crippen LogP contribution in [0.5, 0.6) is 11.5 Å². The Kier molecular flexibility index (Phi) is 6.29. The molecule has 3 heterocycles. The van der Waals surface area contributed by atoms with Gasteiger partial charge in [0, 0.05) is 25.2 Å². The lowest BCUT2D eigenvalue weighted by Gasteiger charge is -2.27. The fourth-order valence-electron chi connectivity index (χ4n) is 4.99. The number of carbonyl (C=O) groups excluding carboxylic acids is 1. The molecule has 0 aliphatic carbocycles. The lowest BCUT2D eigenvalue weighted by molar-refractivity contribution is 0.0735. The van der Waals surface area contributed by atoms with Gasteiger partial charge in [0.15, 0.2) is 11.5 Å². The fraction of sp³-hybridized carbons (Fsp3) is 0.480. The third kappa shape index (κ3) is 4.46. The van der Waals surface area contributed by atoms with Gasteiger partial charge in [-0.15, -0.1) is 0 Å². The van der Waals surface area contributed by atoms with Crippen LogP contribution in [-0.4, -0.2) is 56.4 Å². The third-order valence-corrected chi connectivity index (χ3v) is 8.68. The van der Waals surface area contributed by atoms with E-state index in [9.17, 15) is 13.2 Å². The molecule has 0 saturated carbocycles. The van der Waals surface area contributed by atoms with E-state index in [1.807, 2.05) is 23.1 Å². The van der Waals surface area contributed by atoms with Gasteiger partial charge in [0.1, 0.15) is 13.2 Å². The minimum absolute atomic E-state index is 0.0335. The summed E-state index contributed by atoms with van der Waals surface area (Å²) in [5, 5.41) is 0. The van der Waals surface area contributed by atoms with Crippen LogP contribution in [0.3, 0.4) is 0 Å². The van der Waals surface area contributed by atoms with E-state index in [2.05, 4.69) is 0 Å². The number of amides is 1. The van der Waals surface area contributed by atoms with E-state index in [1.165, 1.54) is 0 Å². The standard InChI is InChI=1S/C25H30N2O5S/c28-25(19-7-10-21(11-8-19)33(29,30)26-13-3-1-2-4-14-26)27-15-5-6-22(27)20-9-12-23-24(18-20)32-17-16-31-23/h7-12,18,22H,1-6,13-17H2. The molecule has 2 fully saturated rings. The van der Waals surface area contributed by atoms with E-state index in [4.69, 9.17) is 9.47 Å². The lowest BCUT2D eigenvalue weighted by atomic mass is 10.0. The van der Waals surface area contributed by atoms with E-state index in [-0.39, 0.29) is 16.8 Å².